The van der Waals surface area contributed by atoms with Crippen LogP contribution in [0.4, 0.5) is 13.2 Å². The first-order chi connectivity index (χ1) is 10.2. The second-order valence-corrected chi connectivity index (χ2v) is 5.72. The molecule has 10 nitrogen and oxygen atoms in total. The van der Waals surface area contributed by atoms with Gasteiger partial charge >= 0.3 is 11.9 Å². The number of aromatic nitrogens is 5. The molecule has 2 aromatic rings. The summed E-state index contributed by atoms with van der Waals surface area (Å²) in [4.78, 5) is 15.5. The number of halogens is 3. The van der Waals surface area contributed by atoms with E-state index in [0.29, 0.717) is 4.68 Å². The van der Waals surface area contributed by atoms with Gasteiger partial charge in [0.25, 0.3) is 10.0 Å². The van der Waals surface area contributed by atoms with Gasteiger partial charge in [-0.3, -0.25) is 0 Å². The molecule has 0 bridgehead atoms. The van der Waals surface area contributed by atoms with Gasteiger partial charge in [0.1, 0.15) is 19.7 Å². The van der Waals surface area contributed by atoms with Crippen LogP contribution in [0.3, 0.4) is 0 Å². The Hall–Kier alpha value is -2.06. The molecule has 0 amide bonds. The maximum Gasteiger partial charge on any atom is 0.411 e. The quantitative estimate of drug-likeness (QED) is 0.719. The van der Waals surface area contributed by atoms with Crippen molar-refractivity contribution in [3.8, 4) is 0 Å². The molecule has 22 heavy (non-hydrogen) atoms. The third kappa shape index (κ3) is 3.23. The first-order valence-corrected chi connectivity index (χ1v) is 7.03. The van der Waals surface area contributed by atoms with Gasteiger partial charge in [0.15, 0.2) is 0 Å². The summed E-state index contributed by atoms with van der Waals surface area (Å²) in [6.45, 7) is -2.37. The van der Waals surface area contributed by atoms with Crippen molar-refractivity contribution >= 4 is 15.7 Å². The number of hydrogen-bond acceptors (Lipinski definition) is 7. The Kier molecular flexibility index (Phi) is 4.17. The zero-order chi connectivity index (χ0) is 16.5. The maximum absolute atomic E-state index is 11.9. The summed E-state index contributed by atoms with van der Waals surface area (Å²) in [6, 6.07) is 0. The second kappa shape index (κ2) is 5.62. The number of ether oxygens (including phenoxy) is 1. The van der Waals surface area contributed by atoms with E-state index in [-0.39, 0.29) is 5.65 Å². The van der Waals surface area contributed by atoms with Gasteiger partial charge in [-0.2, -0.15) is 17.9 Å². The summed E-state index contributed by atoms with van der Waals surface area (Å²) < 4.78 is 66.6. The lowest BCUT2D eigenvalue weighted by Crippen LogP contribution is -2.32. The van der Waals surface area contributed by atoms with E-state index >= 15 is 0 Å². The van der Waals surface area contributed by atoms with Crippen LogP contribution >= 0.6 is 0 Å². The van der Waals surface area contributed by atoms with Crippen LogP contribution < -0.4 is 10.4 Å². The van der Waals surface area contributed by atoms with Crippen molar-refractivity contribution < 1.29 is 26.3 Å². The summed E-state index contributed by atoms with van der Waals surface area (Å²) in [7, 11) is -2.82. The third-order valence-corrected chi connectivity index (χ3v) is 3.72. The number of nitrogens with one attached hydrogen (secondary N) is 1. The van der Waals surface area contributed by atoms with Crippen molar-refractivity contribution in [2.75, 3.05) is 13.7 Å². The number of imidazole rings is 1. The molecule has 2 heterocycles. The van der Waals surface area contributed by atoms with Crippen LogP contribution in [0.2, 0.25) is 0 Å². The smallest absolute Gasteiger partial charge is 0.350 e. The largest absolute Gasteiger partial charge is 0.411 e. The van der Waals surface area contributed by atoms with Gasteiger partial charge in [0.2, 0.25) is 10.7 Å². The summed E-state index contributed by atoms with van der Waals surface area (Å²) in [5, 5.41) is 6.25. The molecule has 2 aromatic heterocycles. The molecular formula is C8H9F3N6O4S. The third-order valence-electron chi connectivity index (χ3n) is 2.39. The lowest BCUT2D eigenvalue weighted by molar-refractivity contribution is -0.183. The number of nitrogens with zero attached hydrogens (tertiary/aromatic N) is 5. The Labute approximate surface area is 120 Å². The van der Waals surface area contributed by atoms with E-state index in [1.165, 1.54) is 0 Å². The van der Waals surface area contributed by atoms with Crippen molar-refractivity contribution in [3.05, 3.63) is 16.8 Å². The van der Waals surface area contributed by atoms with Crippen LogP contribution in [0.15, 0.2) is 16.1 Å². The predicted octanol–water partition coefficient (Wildman–Crippen LogP) is -1.27. The minimum absolute atomic E-state index is 0.355. The number of hydrogen-bond donors (Lipinski definition) is 1. The maximum atomic E-state index is 11.9. The molecular weight excluding hydrogens is 333 g/mol. The van der Waals surface area contributed by atoms with E-state index in [0.717, 1.165) is 17.8 Å². The van der Waals surface area contributed by atoms with Gasteiger partial charge in [-0.15, -0.1) is 5.10 Å². The molecule has 0 spiro atoms. The summed E-state index contributed by atoms with van der Waals surface area (Å²) >= 11 is 0. The summed E-state index contributed by atoms with van der Waals surface area (Å²) in [5.74, 6) is 0. The van der Waals surface area contributed by atoms with Crippen LogP contribution in [0.1, 0.15) is 0 Å². The van der Waals surface area contributed by atoms with Crippen molar-refractivity contribution in [2.24, 2.45) is 0 Å². The fraction of sp³-hybridized carbons (Fsp3) is 0.500. The Morgan fingerprint density at radius 3 is 2.68 bits per heavy atom. The molecule has 0 aliphatic carbocycles. The Morgan fingerprint density at radius 1 is 1.41 bits per heavy atom. The van der Waals surface area contributed by atoms with Gasteiger partial charge in [0.05, 0.1) is 0 Å². The molecule has 14 heteroatoms. The van der Waals surface area contributed by atoms with Gasteiger partial charge in [-0.1, -0.05) is 5.21 Å². The fourth-order valence-electron chi connectivity index (χ4n) is 1.43. The monoisotopic (exact) mass is 342 g/mol. The Balaban J connectivity index is 2.35. The summed E-state index contributed by atoms with van der Waals surface area (Å²) in [5.41, 5.74) is -1.30. The first-order valence-electron chi connectivity index (χ1n) is 5.54. The number of alkyl halides is 3. The molecule has 0 radical (unpaired) electrons. The van der Waals surface area contributed by atoms with E-state index in [2.05, 4.69) is 20.0 Å². The van der Waals surface area contributed by atoms with E-state index in [4.69, 9.17) is 0 Å². The highest BCUT2D eigenvalue weighted by atomic mass is 32.2. The van der Waals surface area contributed by atoms with Crippen LogP contribution in [0.25, 0.3) is 5.65 Å². The Morgan fingerprint density at radius 2 is 2.09 bits per heavy atom. The SMILES string of the molecule is CNS(=O)(=O)c1ncn2c(=O)n(COCC(F)(F)F)nnc12. The van der Waals surface area contributed by atoms with Gasteiger partial charge < -0.3 is 4.74 Å². The number of sulfonamides is 1. The fourth-order valence-corrected chi connectivity index (χ4v) is 2.19. The lowest BCUT2D eigenvalue weighted by atomic mass is 10.7. The molecule has 2 rings (SSSR count). The van der Waals surface area contributed by atoms with E-state index in [1.807, 2.05) is 4.72 Å². The Bertz CT molecular complexity index is 842. The molecule has 0 aromatic carbocycles. The van der Waals surface area contributed by atoms with Crippen LogP contribution in [-0.4, -0.2) is 52.6 Å². The highest BCUT2D eigenvalue weighted by Gasteiger charge is 2.28. The standard InChI is InChI=1S/C8H9F3N6O4S/c1-12-22(19,20)6-5-14-15-17(4-21-2-8(9,10)11)7(18)16(5)3-13-6/h3,12H,2,4H2,1H3. The van der Waals surface area contributed by atoms with Crippen LogP contribution in [-0.2, 0) is 21.5 Å². The highest BCUT2D eigenvalue weighted by Crippen LogP contribution is 2.14. The molecule has 0 fully saturated rings. The van der Waals surface area contributed by atoms with Gasteiger partial charge in [-0.05, 0) is 7.05 Å². The van der Waals surface area contributed by atoms with E-state index < -0.39 is 40.3 Å². The zero-order valence-corrected chi connectivity index (χ0v) is 11.7. The minimum Gasteiger partial charge on any atom is -0.350 e. The average molecular weight is 342 g/mol. The van der Waals surface area contributed by atoms with Crippen molar-refractivity contribution in [1.29, 1.82) is 0 Å². The number of fused-ring (bicyclic) bond motifs is 1. The van der Waals surface area contributed by atoms with Crippen molar-refractivity contribution in [1.82, 2.24) is 29.1 Å². The molecule has 1 N–H and O–H groups in total. The molecule has 122 valence electrons. The van der Waals surface area contributed by atoms with Crippen molar-refractivity contribution in [2.45, 2.75) is 17.9 Å². The van der Waals surface area contributed by atoms with Gasteiger partial charge in [-0.25, -0.2) is 27.3 Å². The zero-order valence-electron chi connectivity index (χ0n) is 10.9. The minimum atomic E-state index is -4.55. The molecule has 0 aliphatic heterocycles. The van der Waals surface area contributed by atoms with Crippen LogP contribution in [0.5, 0.6) is 0 Å². The van der Waals surface area contributed by atoms with E-state index in [1.54, 1.807) is 0 Å². The molecule has 0 saturated heterocycles. The predicted molar refractivity (Wildman–Crippen MR) is 63.3 cm³/mol. The molecule has 0 saturated carbocycles. The topological polar surface area (TPSA) is 120 Å². The molecule has 0 aliphatic rings. The average Bonchev–Trinajstić information content (AvgIpc) is 2.85. The van der Waals surface area contributed by atoms with Crippen molar-refractivity contribution in [3.63, 3.8) is 0 Å². The van der Waals surface area contributed by atoms with E-state index in [9.17, 15) is 26.4 Å². The highest BCUT2D eigenvalue weighted by molar-refractivity contribution is 7.89. The second-order valence-electron chi connectivity index (χ2n) is 3.92. The molecule has 0 atom stereocenters. The van der Waals surface area contributed by atoms with Gasteiger partial charge in [0, 0.05) is 0 Å². The molecule has 0 unspecified atom stereocenters. The first kappa shape index (κ1) is 16.3. The number of rotatable bonds is 5. The van der Waals surface area contributed by atoms with Crippen LogP contribution in [0, 0.1) is 0 Å². The normalized spacial score (nSPS) is 12.9. The lowest BCUT2D eigenvalue weighted by Gasteiger charge is -2.08. The summed E-state index contributed by atoms with van der Waals surface area (Å²) in [6.07, 6.45) is -3.68.